The van der Waals surface area contributed by atoms with Gasteiger partial charge in [0.1, 0.15) is 6.04 Å². The molecule has 88 valence electrons. The first-order valence-electron chi connectivity index (χ1n) is 6.06. The molecule has 1 unspecified atom stereocenters. The van der Waals surface area contributed by atoms with Crippen molar-refractivity contribution in [2.75, 3.05) is 6.54 Å². The maximum atomic E-state index is 11.3. The second-order valence-electron chi connectivity index (χ2n) is 4.80. The normalized spacial score (nSPS) is 20.1. The van der Waals surface area contributed by atoms with Gasteiger partial charge < -0.3 is 5.11 Å². The molecule has 15 heavy (non-hydrogen) atoms. The van der Waals surface area contributed by atoms with Crippen molar-refractivity contribution >= 4 is 5.97 Å². The predicted octanol–water partition coefficient (Wildman–Crippen LogP) is 2.36. The third kappa shape index (κ3) is 2.94. The summed E-state index contributed by atoms with van der Waals surface area (Å²) in [6.07, 6.45) is 4.85. The van der Waals surface area contributed by atoms with Gasteiger partial charge in [-0.15, -0.1) is 0 Å². The number of hydrogen-bond acceptors (Lipinski definition) is 2. The molecule has 0 radical (unpaired) electrons. The van der Waals surface area contributed by atoms with Crippen molar-refractivity contribution in [1.82, 2.24) is 4.90 Å². The lowest BCUT2D eigenvalue weighted by Crippen LogP contribution is -2.49. The van der Waals surface area contributed by atoms with E-state index in [0.717, 1.165) is 6.54 Å². The minimum atomic E-state index is -0.668. The third-order valence-electron chi connectivity index (χ3n) is 3.40. The molecule has 1 atom stereocenters. The van der Waals surface area contributed by atoms with E-state index in [1.54, 1.807) is 0 Å². The fraction of sp³-hybridized carbons (Fsp3) is 0.917. The first-order chi connectivity index (χ1) is 7.07. The number of hydrogen-bond donors (Lipinski definition) is 1. The van der Waals surface area contributed by atoms with Crippen LogP contribution in [0.3, 0.4) is 0 Å². The van der Waals surface area contributed by atoms with Crippen molar-refractivity contribution in [3.8, 4) is 0 Å². The van der Waals surface area contributed by atoms with E-state index in [-0.39, 0.29) is 12.0 Å². The Morgan fingerprint density at radius 3 is 2.27 bits per heavy atom. The van der Waals surface area contributed by atoms with E-state index in [4.69, 9.17) is 0 Å². The standard InChI is InChI=1S/C12H23NO2/c1-4-13(10-7-5-6-8-10)11(9(2)3)12(14)15/h9-11H,4-8H2,1-3H3,(H,14,15). The molecule has 1 aliphatic rings. The Morgan fingerprint density at radius 1 is 1.40 bits per heavy atom. The van der Waals surface area contributed by atoms with Gasteiger partial charge in [-0.2, -0.15) is 0 Å². The highest BCUT2D eigenvalue weighted by Crippen LogP contribution is 2.27. The average molecular weight is 213 g/mol. The van der Waals surface area contributed by atoms with Gasteiger partial charge in [-0.05, 0) is 25.3 Å². The van der Waals surface area contributed by atoms with Crippen LogP contribution in [0.25, 0.3) is 0 Å². The summed E-state index contributed by atoms with van der Waals surface area (Å²) in [6.45, 7) is 6.91. The number of nitrogens with zero attached hydrogens (tertiary/aromatic N) is 1. The lowest BCUT2D eigenvalue weighted by molar-refractivity contribution is -0.146. The molecule has 0 aromatic heterocycles. The van der Waals surface area contributed by atoms with Crippen molar-refractivity contribution in [1.29, 1.82) is 0 Å². The number of rotatable bonds is 5. The fourth-order valence-electron chi connectivity index (χ4n) is 2.73. The molecular weight excluding hydrogens is 190 g/mol. The highest BCUT2D eigenvalue weighted by molar-refractivity contribution is 5.73. The summed E-state index contributed by atoms with van der Waals surface area (Å²) in [5, 5.41) is 9.26. The van der Waals surface area contributed by atoms with Gasteiger partial charge in [-0.1, -0.05) is 33.6 Å². The highest BCUT2D eigenvalue weighted by Gasteiger charge is 2.33. The van der Waals surface area contributed by atoms with Crippen LogP contribution in [0, 0.1) is 5.92 Å². The smallest absolute Gasteiger partial charge is 0.321 e. The molecule has 0 heterocycles. The molecular formula is C12H23NO2. The molecule has 1 fully saturated rings. The van der Waals surface area contributed by atoms with Crippen LogP contribution in [-0.2, 0) is 4.79 Å². The van der Waals surface area contributed by atoms with Gasteiger partial charge in [0.25, 0.3) is 0 Å². The Balaban J connectivity index is 2.72. The molecule has 0 spiro atoms. The number of aliphatic carboxylic acids is 1. The van der Waals surface area contributed by atoms with E-state index in [1.807, 2.05) is 13.8 Å². The van der Waals surface area contributed by atoms with Crippen LogP contribution in [0.1, 0.15) is 46.5 Å². The molecule has 1 rings (SSSR count). The number of carboxylic acids is 1. The van der Waals surface area contributed by atoms with Crippen molar-refractivity contribution < 1.29 is 9.90 Å². The Hall–Kier alpha value is -0.570. The second kappa shape index (κ2) is 5.50. The number of likely N-dealkylation sites (N-methyl/N-ethyl adjacent to an activating group) is 1. The predicted molar refractivity (Wildman–Crippen MR) is 60.9 cm³/mol. The van der Waals surface area contributed by atoms with E-state index in [9.17, 15) is 9.90 Å². The minimum absolute atomic E-state index is 0.183. The molecule has 1 saturated carbocycles. The second-order valence-corrected chi connectivity index (χ2v) is 4.80. The average Bonchev–Trinajstić information content (AvgIpc) is 2.64. The van der Waals surface area contributed by atoms with Crippen molar-refractivity contribution in [3.63, 3.8) is 0 Å². The van der Waals surface area contributed by atoms with E-state index < -0.39 is 5.97 Å². The number of carbonyl (C=O) groups is 1. The highest BCUT2D eigenvalue weighted by atomic mass is 16.4. The van der Waals surface area contributed by atoms with Crippen LogP contribution in [0.4, 0.5) is 0 Å². The molecule has 0 amide bonds. The van der Waals surface area contributed by atoms with Crippen LogP contribution in [0.2, 0.25) is 0 Å². The lowest BCUT2D eigenvalue weighted by Gasteiger charge is -2.35. The molecule has 3 nitrogen and oxygen atoms in total. The van der Waals surface area contributed by atoms with E-state index >= 15 is 0 Å². The van der Waals surface area contributed by atoms with E-state index in [2.05, 4.69) is 11.8 Å². The lowest BCUT2D eigenvalue weighted by atomic mass is 10.00. The minimum Gasteiger partial charge on any atom is -0.480 e. The van der Waals surface area contributed by atoms with Crippen LogP contribution in [0.15, 0.2) is 0 Å². The van der Waals surface area contributed by atoms with Gasteiger partial charge in [0, 0.05) is 6.04 Å². The van der Waals surface area contributed by atoms with Crippen LogP contribution >= 0.6 is 0 Å². The summed E-state index contributed by atoms with van der Waals surface area (Å²) in [7, 11) is 0. The largest absolute Gasteiger partial charge is 0.480 e. The van der Waals surface area contributed by atoms with Gasteiger partial charge in [0.2, 0.25) is 0 Å². The fourth-order valence-corrected chi connectivity index (χ4v) is 2.73. The summed E-state index contributed by atoms with van der Waals surface area (Å²) >= 11 is 0. The molecule has 0 saturated heterocycles. The molecule has 0 aliphatic heterocycles. The molecule has 0 aromatic rings. The molecule has 0 bridgehead atoms. The summed E-state index contributed by atoms with van der Waals surface area (Å²) in [6, 6.07) is 0.191. The quantitative estimate of drug-likeness (QED) is 0.762. The SMILES string of the molecule is CCN(C1CCCC1)C(C(=O)O)C(C)C. The summed E-state index contributed by atoms with van der Waals surface area (Å²) in [5.41, 5.74) is 0. The Bertz CT molecular complexity index is 210. The zero-order chi connectivity index (χ0) is 11.4. The van der Waals surface area contributed by atoms with Gasteiger partial charge >= 0.3 is 5.97 Å². The van der Waals surface area contributed by atoms with Crippen molar-refractivity contribution in [3.05, 3.63) is 0 Å². The van der Waals surface area contributed by atoms with Gasteiger partial charge in [-0.3, -0.25) is 9.69 Å². The van der Waals surface area contributed by atoms with Crippen molar-refractivity contribution in [2.24, 2.45) is 5.92 Å². The monoisotopic (exact) mass is 213 g/mol. The first-order valence-corrected chi connectivity index (χ1v) is 6.06. The van der Waals surface area contributed by atoms with Gasteiger partial charge in [-0.25, -0.2) is 0 Å². The Kier molecular flexibility index (Phi) is 4.58. The molecule has 3 heteroatoms. The zero-order valence-electron chi connectivity index (χ0n) is 10.1. The van der Waals surface area contributed by atoms with Crippen molar-refractivity contribution in [2.45, 2.75) is 58.5 Å². The van der Waals surface area contributed by atoms with Crippen LogP contribution < -0.4 is 0 Å². The number of carboxylic acid groups (broad SMARTS) is 1. The van der Waals surface area contributed by atoms with E-state index in [1.165, 1.54) is 25.7 Å². The molecule has 1 N–H and O–H groups in total. The summed E-state index contributed by atoms with van der Waals surface area (Å²) < 4.78 is 0. The maximum Gasteiger partial charge on any atom is 0.321 e. The van der Waals surface area contributed by atoms with Crippen LogP contribution in [0.5, 0.6) is 0 Å². The topological polar surface area (TPSA) is 40.5 Å². The maximum absolute atomic E-state index is 11.3. The van der Waals surface area contributed by atoms with E-state index in [0.29, 0.717) is 6.04 Å². The molecule has 1 aliphatic carbocycles. The third-order valence-corrected chi connectivity index (χ3v) is 3.40. The Morgan fingerprint density at radius 2 is 1.93 bits per heavy atom. The molecule has 0 aromatic carbocycles. The van der Waals surface area contributed by atoms with Gasteiger partial charge in [0.05, 0.1) is 0 Å². The van der Waals surface area contributed by atoms with Crippen LogP contribution in [-0.4, -0.2) is 34.6 Å². The Labute approximate surface area is 92.5 Å². The van der Waals surface area contributed by atoms with Gasteiger partial charge in [0.15, 0.2) is 0 Å². The first kappa shape index (κ1) is 12.5. The summed E-state index contributed by atoms with van der Waals surface area (Å²) in [5.74, 6) is -0.484. The zero-order valence-corrected chi connectivity index (χ0v) is 10.1. The summed E-state index contributed by atoms with van der Waals surface area (Å²) in [4.78, 5) is 13.4.